The lowest BCUT2D eigenvalue weighted by Gasteiger charge is -2.06. The molecule has 0 saturated heterocycles. The molecule has 1 rings (SSSR count). The highest BCUT2D eigenvalue weighted by Crippen LogP contribution is 2.24. The van der Waals surface area contributed by atoms with Gasteiger partial charge < -0.3 is 0 Å². The second-order valence-corrected chi connectivity index (χ2v) is 4.09. The molecule has 2 heteroatoms. The summed E-state index contributed by atoms with van der Waals surface area (Å²) < 4.78 is 1.06. The Balaban J connectivity index is 3.04. The molecule has 0 fully saturated rings. The maximum absolute atomic E-state index is 5.95. The molecular weight excluding hydrogens is 282 g/mol. The SMILES string of the molecule is [CH2]C(C=C)c1ccc(I)c(Cl)c1. The normalized spacial score (nSPS) is 12.6. The maximum Gasteiger partial charge on any atom is 0.0542 e. The summed E-state index contributed by atoms with van der Waals surface area (Å²) in [7, 11) is 0. The van der Waals surface area contributed by atoms with Crippen LogP contribution in [0.5, 0.6) is 0 Å². The van der Waals surface area contributed by atoms with Crippen molar-refractivity contribution in [2.75, 3.05) is 0 Å². The van der Waals surface area contributed by atoms with Crippen LogP contribution in [0, 0.1) is 10.5 Å². The first-order valence-corrected chi connectivity index (χ1v) is 5.01. The van der Waals surface area contributed by atoms with Gasteiger partial charge in [0.25, 0.3) is 0 Å². The summed E-state index contributed by atoms with van der Waals surface area (Å²) in [5.74, 6) is 0.125. The number of hydrogen-bond donors (Lipinski definition) is 0. The lowest BCUT2D eigenvalue weighted by atomic mass is 10.0. The van der Waals surface area contributed by atoms with Crippen LogP contribution in [0.3, 0.4) is 0 Å². The number of hydrogen-bond acceptors (Lipinski definition) is 0. The van der Waals surface area contributed by atoms with Crippen LogP contribution in [0.4, 0.5) is 0 Å². The van der Waals surface area contributed by atoms with E-state index in [1.54, 1.807) is 6.08 Å². The Kier molecular flexibility index (Phi) is 3.59. The fraction of sp³-hybridized carbons (Fsp3) is 0.100. The van der Waals surface area contributed by atoms with E-state index in [1.165, 1.54) is 0 Å². The molecule has 0 saturated carbocycles. The first kappa shape index (κ1) is 10.1. The Morgan fingerprint density at radius 1 is 1.50 bits per heavy atom. The Morgan fingerprint density at radius 2 is 2.17 bits per heavy atom. The molecule has 0 aliphatic carbocycles. The van der Waals surface area contributed by atoms with Gasteiger partial charge in [0.15, 0.2) is 0 Å². The van der Waals surface area contributed by atoms with Crippen LogP contribution < -0.4 is 0 Å². The fourth-order valence-electron chi connectivity index (χ4n) is 0.879. The number of rotatable bonds is 2. The van der Waals surface area contributed by atoms with Crippen LogP contribution in [0.2, 0.25) is 5.02 Å². The quantitative estimate of drug-likeness (QED) is 0.570. The standard InChI is InChI=1S/C10H9ClI/c1-3-7(2)8-4-5-10(12)9(11)6-8/h3-7H,1-2H2. The van der Waals surface area contributed by atoms with Crippen molar-refractivity contribution < 1.29 is 0 Å². The minimum absolute atomic E-state index is 0.125. The molecule has 12 heavy (non-hydrogen) atoms. The van der Waals surface area contributed by atoms with Crippen LogP contribution in [-0.2, 0) is 0 Å². The molecule has 0 aliphatic rings. The van der Waals surface area contributed by atoms with Crippen molar-refractivity contribution in [1.29, 1.82) is 0 Å². The summed E-state index contributed by atoms with van der Waals surface area (Å²) in [5.41, 5.74) is 1.11. The fourth-order valence-corrected chi connectivity index (χ4v) is 1.40. The van der Waals surface area contributed by atoms with Gasteiger partial charge in [0, 0.05) is 9.49 Å². The summed E-state index contributed by atoms with van der Waals surface area (Å²) in [5, 5.41) is 0.781. The summed E-state index contributed by atoms with van der Waals surface area (Å²) in [4.78, 5) is 0. The smallest absolute Gasteiger partial charge is 0.0542 e. The van der Waals surface area contributed by atoms with Crippen LogP contribution in [0.1, 0.15) is 11.5 Å². The van der Waals surface area contributed by atoms with Crippen LogP contribution in [0.25, 0.3) is 0 Å². The van der Waals surface area contributed by atoms with Gasteiger partial charge in [0.2, 0.25) is 0 Å². The molecule has 1 aromatic rings. The third-order valence-electron chi connectivity index (χ3n) is 1.66. The van der Waals surface area contributed by atoms with Gasteiger partial charge in [0.1, 0.15) is 0 Å². The molecule has 1 radical (unpaired) electrons. The topological polar surface area (TPSA) is 0 Å². The molecule has 0 spiro atoms. The van der Waals surface area contributed by atoms with Crippen LogP contribution in [0.15, 0.2) is 30.9 Å². The van der Waals surface area contributed by atoms with Gasteiger partial charge in [-0.05, 0) is 47.2 Å². The highest BCUT2D eigenvalue weighted by molar-refractivity contribution is 14.1. The number of benzene rings is 1. The Labute approximate surface area is 91.8 Å². The number of halogens is 2. The lowest BCUT2D eigenvalue weighted by Crippen LogP contribution is -1.89. The third kappa shape index (κ3) is 2.23. The summed E-state index contributed by atoms with van der Waals surface area (Å²) in [6.45, 7) is 7.60. The largest absolute Gasteiger partial charge is 0.102 e. The van der Waals surface area contributed by atoms with Crippen molar-refractivity contribution in [2.24, 2.45) is 0 Å². The summed E-state index contributed by atoms with van der Waals surface area (Å²) in [6, 6.07) is 5.94. The average Bonchev–Trinajstić information content (AvgIpc) is 2.08. The zero-order chi connectivity index (χ0) is 9.14. The molecule has 0 N–H and O–H groups in total. The second-order valence-electron chi connectivity index (χ2n) is 2.52. The molecule has 1 aromatic carbocycles. The van der Waals surface area contributed by atoms with E-state index in [0.29, 0.717) is 0 Å². The van der Waals surface area contributed by atoms with Gasteiger partial charge >= 0.3 is 0 Å². The van der Waals surface area contributed by atoms with E-state index in [-0.39, 0.29) is 5.92 Å². The molecular formula is C10H9ClI. The maximum atomic E-state index is 5.95. The van der Waals surface area contributed by atoms with E-state index < -0.39 is 0 Å². The van der Waals surface area contributed by atoms with Gasteiger partial charge in [-0.25, -0.2) is 0 Å². The van der Waals surface area contributed by atoms with Crippen molar-refractivity contribution in [3.8, 4) is 0 Å². The molecule has 1 unspecified atom stereocenters. The second kappa shape index (κ2) is 4.28. The van der Waals surface area contributed by atoms with Gasteiger partial charge in [0.05, 0.1) is 5.02 Å². The predicted molar refractivity (Wildman–Crippen MR) is 62.5 cm³/mol. The highest BCUT2D eigenvalue weighted by Gasteiger charge is 2.03. The molecule has 0 bridgehead atoms. The predicted octanol–water partition coefficient (Wildman–Crippen LogP) is 4.05. The molecule has 63 valence electrons. The van der Waals surface area contributed by atoms with E-state index >= 15 is 0 Å². The molecule has 0 aliphatic heterocycles. The monoisotopic (exact) mass is 291 g/mol. The highest BCUT2D eigenvalue weighted by atomic mass is 127. The van der Waals surface area contributed by atoms with E-state index in [1.807, 2.05) is 18.2 Å². The Hall–Kier alpha value is -0.0200. The first-order chi connectivity index (χ1) is 5.65. The molecule has 0 aromatic heterocycles. The molecule has 0 amide bonds. The lowest BCUT2D eigenvalue weighted by molar-refractivity contribution is 1.08. The van der Waals surface area contributed by atoms with Crippen molar-refractivity contribution >= 4 is 34.2 Å². The van der Waals surface area contributed by atoms with Crippen molar-refractivity contribution in [3.63, 3.8) is 0 Å². The van der Waals surface area contributed by atoms with E-state index in [0.717, 1.165) is 14.2 Å². The molecule has 0 nitrogen and oxygen atoms in total. The van der Waals surface area contributed by atoms with Crippen molar-refractivity contribution in [2.45, 2.75) is 5.92 Å². The van der Waals surface area contributed by atoms with E-state index in [4.69, 9.17) is 11.6 Å². The van der Waals surface area contributed by atoms with E-state index in [9.17, 15) is 0 Å². The Bertz CT molecular complexity index is 294. The summed E-state index contributed by atoms with van der Waals surface area (Å²) in [6.07, 6.45) is 1.80. The van der Waals surface area contributed by atoms with Crippen LogP contribution >= 0.6 is 34.2 Å². The minimum atomic E-state index is 0.125. The minimum Gasteiger partial charge on any atom is -0.102 e. The molecule has 1 atom stereocenters. The zero-order valence-corrected chi connectivity index (χ0v) is 9.47. The zero-order valence-electron chi connectivity index (χ0n) is 6.56. The van der Waals surface area contributed by atoms with Crippen LogP contribution in [-0.4, -0.2) is 0 Å². The third-order valence-corrected chi connectivity index (χ3v) is 3.23. The van der Waals surface area contributed by atoms with Gasteiger partial charge in [-0.2, -0.15) is 0 Å². The number of allylic oxidation sites excluding steroid dienone is 1. The van der Waals surface area contributed by atoms with E-state index in [2.05, 4.69) is 36.1 Å². The first-order valence-electron chi connectivity index (χ1n) is 3.55. The van der Waals surface area contributed by atoms with Crippen molar-refractivity contribution in [3.05, 3.63) is 51.9 Å². The van der Waals surface area contributed by atoms with Crippen molar-refractivity contribution in [1.82, 2.24) is 0 Å². The van der Waals surface area contributed by atoms with Gasteiger partial charge in [-0.1, -0.05) is 23.7 Å². The molecule has 0 heterocycles. The Morgan fingerprint density at radius 3 is 2.67 bits per heavy atom. The summed E-state index contributed by atoms with van der Waals surface area (Å²) >= 11 is 8.14. The van der Waals surface area contributed by atoms with Gasteiger partial charge in [-0.15, -0.1) is 6.58 Å². The average molecular weight is 292 g/mol. The van der Waals surface area contributed by atoms with Gasteiger partial charge in [-0.3, -0.25) is 0 Å².